The maximum atomic E-state index is 12.7. The molecule has 1 amide bonds. The van der Waals surface area contributed by atoms with E-state index in [4.69, 9.17) is 27.4 Å². The molecular formula is C23H16Cl2N2O4S. The third kappa shape index (κ3) is 5.89. The molecule has 0 saturated heterocycles. The molecule has 9 heteroatoms. The van der Waals surface area contributed by atoms with Crippen LogP contribution in [0.15, 0.2) is 83.3 Å². The first-order valence-electron chi connectivity index (χ1n) is 9.22. The molecule has 0 atom stereocenters. The normalized spacial score (nSPS) is 11.5. The second-order valence-electron chi connectivity index (χ2n) is 6.49. The van der Waals surface area contributed by atoms with Crippen molar-refractivity contribution >= 4 is 45.3 Å². The highest BCUT2D eigenvalue weighted by Crippen LogP contribution is 2.36. The maximum Gasteiger partial charge on any atom is 0.339 e. The van der Waals surface area contributed by atoms with Gasteiger partial charge in [-0.1, -0.05) is 71.7 Å². The molecule has 3 aromatic carbocycles. The van der Waals surface area contributed by atoms with E-state index < -0.39 is 16.0 Å². The van der Waals surface area contributed by atoms with Gasteiger partial charge in [0.1, 0.15) is 16.5 Å². The lowest BCUT2D eigenvalue weighted by Crippen LogP contribution is -2.24. The van der Waals surface area contributed by atoms with Crippen LogP contribution >= 0.6 is 23.2 Å². The molecule has 0 radical (unpaired) electrons. The van der Waals surface area contributed by atoms with Gasteiger partial charge < -0.3 is 9.50 Å². The number of nitrogens with one attached hydrogen (secondary N) is 1. The van der Waals surface area contributed by atoms with E-state index in [0.717, 1.165) is 5.56 Å². The molecule has 0 fully saturated rings. The zero-order valence-corrected chi connectivity index (χ0v) is 18.8. The van der Waals surface area contributed by atoms with E-state index in [0.29, 0.717) is 0 Å². The molecule has 0 aliphatic carbocycles. The lowest BCUT2D eigenvalue weighted by molar-refractivity contribution is -0.117. The van der Waals surface area contributed by atoms with Crippen LogP contribution in [0.2, 0.25) is 10.0 Å². The summed E-state index contributed by atoms with van der Waals surface area (Å²) >= 11 is 12.2. The van der Waals surface area contributed by atoms with Gasteiger partial charge in [-0.05, 0) is 35.9 Å². The average Bonchev–Trinajstić information content (AvgIpc) is 2.79. The molecule has 3 aromatic rings. The van der Waals surface area contributed by atoms with Gasteiger partial charge in [0, 0.05) is 17.1 Å². The summed E-state index contributed by atoms with van der Waals surface area (Å²) < 4.78 is 30.6. The molecule has 0 spiro atoms. The van der Waals surface area contributed by atoms with Gasteiger partial charge in [-0.3, -0.25) is 4.79 Å². The Labute approximate surface area is 195 Å². The van der Waals surface area contributed by atoms with Crippen molar-refractivity contribution in [3.05, 3.63) is 99.5 Å². The third-order valence-corrected chi connectivity index (χ3v) is 5.96. The zero-order chi connectivity index (χ0) is 23.1. The number of halogens is 2. The van der Waals surface area contributed by atoms with E-state index in [-0.39, 0.29) is 38.4 Å². The van der Waals surface area contributed by atoms with Crippen molar-refractivity contribution in [2.75, 3.05) is 0 Å². The van der Waals surface area contributed by atoms with Crippen LogP contribution in [0, 0.1) is 11.3 Å². The molecule has 0 unspecified atom stereocenters. The van der Waals surface area contributed by atoms with Gasteiger partial charge in [0.25, 0.3) is 5.91 Å². The first-order valence-corrected chi connectivity index (χ1v) is 11.4. The Morgan fingerprint density at radius 1 is 1.03 bits per heavy atom. The van der Waals surface area contributed by atoms with E-state index in [1.165, 1.54) is 30.3 Å². The van der Waals surface area contributed by atoms with Crippen LogP contribution in [0.4, 0.5) is 0 Å². The summed E-state index contributed by atoms with van der Waals surface area (Å²) in [6, 6.07) is 21.1. The monoisotopic (exact) mass is 486 g/mol. The Morgan fingerprint density at radius 3 is 2.28 bits per heavy atom. The van der Waals surface area contributed by atoms with Crippen LogP contribution in [-0.2, 0) is 21.5 Å². The molecule has 0 aliphatic rings. The van der Waals surface area contributed by atoms with E-state index in [9.17, 15) is 18.5 Å². The van der Waals surface area contributed by atoms with Crippen LogP contribution in [0.3, 0.4) is 0 Å². The zero-order valence-electron chi connectivity index (χ0n) is 16.5. The van der Waals surface area contributed by atoms with Gasteiger partial charge in [0.15, 0.2) is 5.75 Å². The molecule has 162 valence electrons. The first-order chi connectivity index (χ1) is 15.3. The van der Waals surface area contributed by atoms with E-state index in [2.05, 4.69) is 5.32 Å². The summed E-state index contributed by atoms with van der Waals surface area (Å²) in [5.41, 5.74) is 0.636. The quantitative estimate of drug-likeness (QED) is 0.288. The van der Waals surface area contributed by atoms with Crippen molar-refractivity contribution in [1.82, 2.24) is 5.32 Å². The lowest BCUT2D eigenvalue weighted by atomic mass is 10.1. The number of amides is 1. The molecule has 0 aliphatic heterocycles. The molecule has 3 rings (SSSR count). The Hall–Kier alpha value is -3.31. The Balaban J connectivity index is 1.93. The van der Waals surface area contributed by atoms with Crippen LogP contribution in [0.5, 0.6) is 5.75 Å². The van der Waals surface area contributed by atoms with Crippen LogP contribution in [0.25, 0.3) is 6.08 Å². The third-order valence-electron chi connectivity index (χ3n) is 4.22. The summed E-state index contributed by atoms with van der Waals surface area (Å²) in [7, 11) is -4.22. The molecule has 32 heavy (non-hydrogen) atoms. The van der Waals surface area contributed by atoms with Crippen molar-refractivity contribution in [2.45, 2.75) is 11.4 Å². The van der Waals surface area contributed by atoms with Crippen molar-refractivity contribution in [2.24, 2.45) is 0 Å². The highest BCUT2D eigenvalue weighted by atomic mass is 35.5. The highest BCUT2D eigenvalue weighted by molar-refractivity contribution is 7.87. The summed E-state index contributed by atoms with van der Waals surface area (Å²) in [6.07, 6.45) is 1.17. The minimum Gasteiger partial charge on any atom is -0.377 e. The van der Waals surface area contributed by atoms with Gasteiger partial charge in [-0.25, -0.2) is 0 Å². The smallest absolute Gasteiger partial charge is 0.339 e. The van der Waals surface area contributed by atoms with Crippen molar-refractivity contribution in [1.29, 1.82) is 5.26 Å². The number of nitriles is 1. The Kier molecular flexibility index (Phi) is 7.54. The molecule has 0 bridgehead atoms. The van der Waals surface area contributed by atoms with Gasteiger partial charge in [-0.15, -0.1) is 0 Å². The van der Waals surface area contributed by atoms with Crippen LogP contribution in [0.1, 0.15) is 11.1 Å². The molecule has 0 heterocycles. The number of carbonyl (C=O) groups is 1. The van der Waals surface area contributed by atoms with Gasteiger partial charge >= 0.3 is 10.1 Å². The maximum absolute atomic E-state index is 12.7. The number of nitrogens with zero attached hydrogens (tertiary/aromatic N) is 1. The molecule has 0 aromatic heterocycles. The number of hydrogen-bond acceptors (Lipinski definition) is 5. The van der Waals surface area contributed by atoms with Crippen molar-refractivity contribution in [3.63, 3.8) is 0 Å². The molecule has 1 N–H and O–H groups in total. The Bertz CT molecular complexity index is 1300. The Morgan fingerprint density at radius 2 is 1.66 bits per heavy atom. The van der Waals surface area contributed by atoms with E-state index in [1.54, 1.807) is 24.3 Å². The average molecular weight is 487 g/mol. The molecular weight excluding hydrogens is 471 g/mol. The fourth-order valence-electron chi connectivity index (χ4n) is 2.70. The van der Waals surface area contributed by atoms with Crippen molar-refractivity contribution < 1.29 is 17.4 Å². The first kappa shape index (κ1) is 23.4. The summed E-state index contributed by atoms with van der Waals surface area (Å²) in [4.78, 5) is 12.4. The topological polar surface area (TPSA) is 96.3 Å². The van der Waals surface area contributed by atoms with Crippen molar-refractivity contribution in [3.8, 4) is 11.8 Å². The summed E-state index contributed by atoms with van der Waals surface area (Å²) in [5, 5.41) is 12.2. The highest BCUT2D eigenvalue weighted by Gasteiger charge is 2.21. The fourth-order valence-corrected chi connectivity index (χ4v) is 4.28. The predicted octanol–water partition coefficient (Wildman–Crippen LogP) is 4.98. The van der Waals surface area contributed by atoms with E-state index in [1.807, 2.05) is 30.3 Å². The SMILES string of the molecule is N#C/C(=C\c1cc(Cl)cc(Cl)c1OS(=O)(=O)c1ccccc1)C(=O)NCc1ccccc1. The second-order valence-corrected chi connectivity index (χ2v) is 8.88. The minimum atomic E-state index is -4.22. The van der Waals surface area contributed by atoms with Crippen LogP contribution in [-0.4, -0.2) is 14.3 Å². The van der Waals surface area contributed by atoms with E-state index >= 15 is 0 Å². The minimum absolute atomic E-state index is 0.0633. The largest absolute Gasteiger partial charge is 0.377 e. The van der Waals surface area contributed by atoms with Gasteiger partial charge in [-0.2, -0.15) is 13.7 Å². The lowest BCUT2D eigenvalue weighted by Gasteiger charge is -2.12. The number of rotatable bonds is 7. The van der Waals surface area contributed by atoms with Crippen LogP contribution < -0.4 is 9.50 Å². The number of carbonyl (C=O) groups excluding carboxylic acids is 1. The van der Waals surface area contributed by atoms with Gasteiger partial charge in [0.2, 0.25) is 0 Å². The number of hydrogen-bond donors (Lipinski definition) is 1. The summed E-state index contributed by atoms with van der Waals surface area (Å²) in [6.45, 7) is 0.209. The fraction of sp³-hybridized carbons (Fsp3) is 0.0435. The second kappa shape index (κ2) is 10.3. The standard InChI is InChI=1S/C23H16Cl2N2O4S/c24-19-12-17(11-18(14-26)23(28)27-15-16-7-3-1-4-8-16)22(21(25)13-19)31-32(29,30)20-9-5-2-6-10-20/h1-13H,15H2,(H,27,28)/b18-11+. The molecule has 0 saturated carbocycles. The van der Waals surface area contributed by atoms with Gasteiger partial charge in [0.05, 0.1) is 5.02 Å². The summed E-state index contributed by atoms with van der Waals surface area (Å²) in [5.74, 6) is -0.896. The molecule has 6 nitrogen and oxygen atoms in total. The predicted molar refractivity (Wildman–Crippen MR) is 123 cm³/mol. The number of benzene rings is 3.